The van der Waals surface area contributed by atoms with Gasteiger partial charge < -0.3 is 4.98 Å². The van der Waals surface area contributed by atoms with E-state index in [1.165, 1.54) is 12.4 Å². The average Bonchev–Trinajstić information content (AvgIpc) is 2.80. The van der Waals surface area contributed by atoms with Crippen molar-refractivity contribution in [2.45, 2.75) is 0 Å². The van der Waals surface area contributed by atoms with Crippen LogP contribution in [0.25, 0.3) is 22.4 Å². The predicted molar refractivity (Wildman–Crippen MR) is 57.0 cm³/mol. The summed E-state index contributed by atoms with van der Waals surface area (Å²) in [4.78, 5) is 14.5. The van der Waals surface area contributed by atoms with Crippen molar-refractivity contribution in [3.05, 3.63) is 42.5 Å². The number of nitrogens with zero attached hydrogens (tertiary/aromatic N) is 3. The highest BCUT2D eigenvalue weighted by molar-refractivity contribution is 5.79. The van der Waals surface area contributed by atoms with Crippen LogP contribution in [-0.4, -0.2) is 19.9 Å². The number of rotatable bonds is 1. The Morgan fingerprint density at radius 2 is 1.82 bits per heavy atom. The molecule has 0 amide bonds. The van der Waals surface area contributed by atoms with Crippen molar-refractivity contribution >= 4 is 11.0 Å². The Morgan fingerprint density at radius 1 is 1.06 bits per heavy atom. The Kier molecular flexibility index (Phi) is 2.07. The van der Waals surface area contributed by atoms with Gasteiger partial charge in [0.2, 0.25) is 0 Å². The maximum atomic E-state index is 13.4. The molecule has 2 aromatic heterocycles. The van der Waals surface area contributed by atoms with Gasteiger partial charge in [0, 0.05) is 12.4 Å². The molecule has 3 aromatic rings. The van der Waals surface area contributed by atoms with Gasteiger partial charge in [-0.3, -0.25) is 0 Å². The molecule has 2 heterocycles. The lowest BCUT2D eigenvalue weighted by molar-refractivity contribution is 0.515. The molecule has 0 spiro atoms. The van der Waals surface area contributed by atoms with Gasteiger partial charge >= 0.3 is 0 Å². The minimum absolute atomic E-state index is 0.0242. The molecule has 0 atom stereocenters. The minimum Gasteiger partial charge on any atom is -0.338 e. The molecule has 0 aliphatic carbocycles. The minimum atomic E-state index is -0.957. The van der Waals surface area contributed by atoms with E-state index in [0.717, 1.165) is 6.07 Å². The van der Waals surface area contributed by atoms with Gasteiger partial charge in [-0.25, -0.2) is 23.7 Å². The maximum absolute atomic E-state index is 13.4. The number of fused-ring (bicyclic) bond motifs is 1. The van der Waals surface area contributed by atoms with Crippen LogP contribution in [0, 0.1) is 11.6 Å². The highest BCUT2D eigenvalue weighted by atomic mass is 19.2. The van der Waals surface area contributed by atoms with Crippen LogP contribution in [-0.2, 0) is 0 Å². The molecule has 0 fully saturated rings. The molecule has 0 aliphatic heterocycles. The van der Waals surface area contributed by atoms with Gasteiger partial charge in [0.15, 0.2) is 11.6 Å². The normalized spacial score (nSPS) is 10.9. The van der Waals surface area contributed by atoms with Crippen LogP contribution in [0.2, 0.25) is 0 Å². The summed E-state index contributed by atoms with van der Waals surface area (Å²) in [5.74, 6) is -1.47. The molecule has 0 unspecified atom stereocenters. The van der Waals surface area contributed by atoms with Gasteiger partial charge in [-0.15, -0.1) is 0 Å². The number of nitrogens with one attached hydrogen (secondary N) is 1. The lowest BCUT2D eigenvalue weighted by atomic mass is 10.3. The number of aromatic amines is 1. The van der Waals surface area contributed by atoms with Crippen LogP contribution in [0.3, 0.4) is 0 Å². The van der Waals surface area contributed by atoms with Crippen LogP contribution in [0.4, 0.5) is 8.78 Å². The molecule has 4 nitrogen and oxygen atoms in total. The second-order valence-corrected chi connectivity index (χ2v) is 3.47. The molecule has 1 aromatic carbocycles. The van der Waals surface area contributed by atoms with Crippen molar-refractivity contribution in [3.63, 3.8) is 0 Å². The third-order valence-corrected chi connectivity index (χ3v) is 2.38. The van der Waals surface area contributed by atoms with E-state index in [1.807, 2.05) is 0 Å². The van der Waals surface area contributed by atoms with E-state index in [0.29, 0.717) is 16.9 Å². The molecule has 1 N–H and O–H groups in total. The summed E-state index contributed by atoms with van der Waals surface area (Å²) in [5, 5.41) is 0. The highest BCUT2D eigenvalue weighted by Crippen LogP contribution is 2.22. The monoisotopic (exact) mass is 232 g/mol. The fourth-order valence-corrected chi connectivity index (χ4v) is 1.58. The first-order valence-corrected chi connectivity index (χ1v) is 4.85. The van der Waals surface area contributed by atoms with Gasteiger partial charge in [-0.1, -0.05) is 0 Å². The van der Waals surface area contributed by atoms with Crippen molar-refractivity contribution in [1.82, 2.24) is 19.9 Å². The number of hydrogen-bond donors (Lipinski definition) is 1. The summed E-state index contributed by atoms with van der Waals surface area (Å²) < 4.78 is 26.4. The van der Waals surface area contributed by atoms with E-state index >= 15 is 0 Å². The van der Waals surface area contributed by atoms with E-state index in [4.69, 9.17) is 0 Å². The molecule has 84 valence electrons. The summed E-state index contributed by atoms with van der Waals surface area (Å²) in [7, 11) is 0. The predicted octanol–water partition coefficient (Wildman–Crippen LogP) is 2.30. The molecule has 3 rings (SSSR count). The van der Waals surface area contributed by atoms with Crippen LogP contribution in [0.5, 0.6) is 0 Å². The lowest BCUT2D eigenvalue weighted by Gasteiger charge is -1.91. The Hall–Kier alpha value is -2.37. The highest BCUT2D eigenvalue weighted by Gasteiger charge is 2.12. The third kappa shape index (κ3) is 1.54. The number of hydrogen-bond acceptors (Lipinski definition) is 3. The summed E-state index contributed by atoms with van der Waals surface area (Å²) >= 11 is 0. The number of H-pyrrole nitrogens is 1. The molecule has 0 aliphatic rings. The molecule has 6 heteroatoms. The van der Waals surface area contributed by atoms with Crippen LogP contribution < -0.4 is 0 Å². The van der Waals surface area contributed by atoms with Crippen LogP contribution >= 0.6 is 0 Å². The van der Waals surface area contributed by atoms with Crippen molar-refractivity contribution in [1.29, 1.82) is 0 Å². The van der Waals surface area contributed by atoms with E-state index in [1.54, 1.807) is 12.4 Å². The molecular formula is C11H6F2N4. The first kappa shape index (κ1) is 9.83. The zero-order chi connectivity index (χ0) is 11.8. The van der Waals surface area contributed by atoms with E-state index in [-0.39, 0.29) is 5.52 Å². The molecule has 0 radical (unpaired) electrons. The lowest BCUT2D eigenvalue weighted by Crippen LogP contribution is -1.85. The zero-order valence-electron chi connectivity index (χ0n) is 8.48. The smallest absolute Gasteiger partial charge is 0.186 e. The van der Waals surface area contributed by atoms with Gasteiger partial charge in [0.05, 0.1) is 11.1 Å². The van der Waals surface area contributed by atoms with E-state index < -0.39 is 11.6 Å². The second kappa shape index (κ2) is 3.58. The maximum Gasteiger partial charge on any atom is 0.186 e. The fraction of sp³-hybridized carbons (Fsp3) is 0. The van der Waals surface area contributed by atoms with Gasteiger partial charge in [0.1, 0.15) is 17.7 Å². The summed E-state index contributed by atoms with van der Waals surface area (Å²) in [5.41, 5.74) is 1.02. The average molecular weight is 232 g/mol. The summed E-state index contributed by atoms with van der Waals surface area (Å²) in [6.07, 6.45) is 4.46. The topological polar surface area (TPSA) is 54.5 Å². The van der Waals surface area contributed by atoms with Gasteiger partial charge in [-0.05, 0) is 12.1 Å². The first-order chi connectivity index (χ1) is 8.25. The summed E-state index contributed by atoms with van der Waals surface area (Å²) in [6.45, 7) is 0. The summed E-state index contributed by atoms with van der Waals surface area (Å²) in [6, 6.07) is 2.50. The van der Waals surface area contributed by atoms with Crippen molar-refractivity contribution in [3.8, 4) is 11.4 Å². The van der Waals surface area contributed by atoms with Crippen molar-refractivity contribution in [2.24, 2.45) is 0 Å². The molecule has 0 saturated carbocycles. The molecule has 0 saturated heterocycles. The largest absolute Gasteiger partial charge is 0.338 e. The Morgan fingerprint density at radius 3 is 2.59 bits per heavy atom. The van der Waals surface area contributed by atoms with Crippen molar-refractivity contribution < 1.29 is 8.78 Å². The first-order valence-electron chi connectivity index (χ1n) is 4.85. The molecular weight excluding hydrogens is 226 g/mol. The Labute approximate surface area is 94.4 Å². The van der Waals surface area contributed by atoms with E-state index in [2.05, 4.69) is 19.9 Å². The van der Waals surface area contributed by atoms with Crippen LogP contribution in [0.15, 0.2) is 30.9 Å². The number of imidazole rings is 1. The quantitative estimate of drug-likeness (QED) is 0.700. The molecule has 17 heavy (non-hydrogen) atoms. The van der Waals surface area contributed by atoms with E-state index in [9.17, 15) is 8.78 Å². The van der Waals surface area contributed by atoms with Crippen molar-refractivity contribution in [2.75, 3.05) is 0 Å². The second-order valence-electron chi connectivity index (χ2n) is 3.47. The fourth-order valence-electron chi connectivity index (χ4n) is 1.58. The Bertz CT molecular complexity index is 679. The standard InChI is InChI=1S/C11H6F2N4/c12-7-1-2-8-10(9(7)13)17-11(16-8)6-3-14-5-15-4-6/h1-5H,(H,16,17). The third-order valence-electron chi connectivity index (χ3n) is 2.38. The zero-order valence-corrected chi connectivity index (χ0v) is 8.48. The molecule has 0 bridgehead atoms. The SMILES string of the molecule is Fc1ccc2[nH]c(-c3cncnc3)nc2c1F. The van der Waals surface area contributed by atoms with Crippen LogP contribution in [0.1, 0.15) is 0 Å². The number of aromatic nitrogens is 4. The van der Waals surface area contributed by atoms with Gasteiger partial charge in [-0.2, -0.15) is 0 Å². The Balaban J connectivity index is 2.24. The van der Waals surface area contributed by atoms with Gasteiger partial charge in [0.25, 0.3) is 0 Å². The number of benzene rings is 1. The number of halogens is 2.